The Morgan fingerprint density at radius 2 is 2.33 bits per heavy atom. The lowest BCUT2D eigenvalue weighted by Gasteiger charge is -2.20. The zero-order valence-corrected chi connectivity index (χ0v) is 11.3. The second-order valence-electron chi connectivity index (χ2n) is 4.69. The third-order valence-electron chi connectivity index (χ3n) is 3.34. The van der Waals surface area contributed by atoms with E-state index in [9.17, 15) is 4.39 Å². The lowest BCUT2D eigenvalue weighted by Crippen LogP contribution is -2.25. The molecule has 1 aromatic carbocycles. The van der Waals surface area contributed by atoms with E-state index in [-0.39, 0.29) is 16.9 Å². The highest BCUT2D eigenvalue weighted by Gasteiger charge is 2.31. The molecule has 1 N–H and O–H groups in total. The van der Waals surface area contributed by atoms with Crippen molar-refractivity contribution in [2.24, 2.45) is 5.92 Å². The second-order valence-corrected chi connectivity index (χ2v) is 5.09. The normalized spacial score (nSPS) is 23.5. The fourth-order valence-electron chi connectivity index (χ4n) is 2.39. The van der Waals surface area contributed by atoms with Gasteiger partial charge in [0.25, 0.3) is 0 Å². The van der Waals surface area contributed by atoms with Crippen molar-refractivity contribution in [1.29, 1.82) is 0 Å². The van der Waals surface area contributed by atoms with Gasteiger partial charge >= 0.3 is 0 Å². The standard InChI is InChI=1S/C14H19ClFNO/c1-2-7-17-9-10-6-8-18-14(10)11-4-3-5-12(15)13(11)16/h3-5,10,14,17H,2,6-9H2,1H3. The number of halogens is 2. The summed E-state index contributed by atoms with van der Waals surface area (Å²) in [6.07, 6.45) is 1.89. The van der Waals surface area contributed by atoms with Crippen LogP contribution in [-0.4, -0.2) is 19.7 Å². The molecule has 1 heterocycles. The van der Waals surface area contributed by atoms with Crippen molar-refractivity contribution in [2.75, 3.05) is 19.7 Å². The van der Waals surface area contributed by atoms with Gasteiger partial charge in [0.15, 0.2) is 0 Å². The Balaban J connectivity index is 2.08. The van der Waals surface area contributed by atoms with Crippen LogP contribution in [0.5, 0.6) is 0 Å². The van der Waals surface area contributed by atoms with Crippen LogP contribution in [0.4, 0.5) is 4.39 Å². The van der Waals surface area contributed by atoms with Gasteiger partial charge in [0.2, 0.25) is 0 Å². The van der Waals surface area contributed by atoms with Gasteiger partial charge in [-0.1, -0.05) is 30.7 Å². The first-order valence-electron chi connectivity index (χ1n) is 6.50. The molecule has 1 fully saturated rings. The summed E-state index contributed by atoms with van der Waals surface area (Å²) in [4.78, 5) is 0. The fourth-order valence-corrected chi connectivity index (χ4v) is 2.57. The molecule has 0 bridgehead atoms. The number of ether oxygens (including phenoxy) is 1. The van der Waals surface area contributed by atoms with Gasteiger partial charge in [-0.25, -0.2) is 4.39 Å². The van der Waals surface area contributed by atoms with Crippen molar-refractivity contribution in [2.45, 2.75) is 25.9 Å². The van der Waals surface area contributed by atoms with E-state index in [1.54, 1.807) is 18.2 Å². The van der Waals surface area contributed by atoms with E-state index in [1.807, 2.05) is 0 Å². The molecule has 18 heavy (non-hydrogen) atoms. The first kappa shape index (κ1) is 13.8. The number of rotatable bonds is 5. The van der Waals surface area contributed by atoms with Crippen LogP contribution in [0.1, 0.15) is 31.4 Å². The molecule has 2 nitrogen and oxygen atoms in total. The van der Waals surface area contributed by atoms with Crippen molar-refractivity contribution >= 4 is 11.6 Å². The minimum absolute atomic E-state index is 0.170. The van der Waals surface area contributed by atoms with Gasteiger partial charge < -0.3 is 10.1 Å². The summed E-state index contributed by atoms with van der Waals surface area (Å²) in [5, 5.41) is 3.55. The van der Waals surface area contributed by atoms with E-state index in [0.717, 1.165) is 25.9 Å². The molecule has 4 heteroatoms. The molecule has 1 aromatic rings. The van der Waals surface area contributed by atoms with E-state index >= 15 is 0 Å². The maximum absolute atomic E-state index is 14.0. The highest BCUT2D eigenvalue weighted by atomic mass is 35.5. The second kappa shape index (κ2) is 6.50. The van der Waals surface area contributed by atoms with E-state index in [4.69, 9.17) is 16.3 Å². The molecule has 1 aliphatic heterocycles. The zero-order valence-electron chi connectivity index (χ0n) is 10.6. The largest absolute Gasteiger partial charge is 0.373 e. The van der Waals surface area contributed by atoms with Crippen molar-refractivity contribution in [3.05, 3.63) is 34.6 Å². The summed E-state index contributed by atoms with van der Waals surface area (Å²) >= 11 is 5.82. The Bertz CT molecular complexity index is 399. The maximum atomic E-state index is 14.0. The summed E-state index contributed by atoms with van der Waals surface area (Å²) in [6, 6.07) is 5.11. The van der Waals surface area contributed by atoms with Crippen LogP contribution in [-0.2, 0) is 4.74 Å². The minimum atomic E-state index is -0.341. The Morgan fingerprint density at radius 1 is 1.50 bits per heavy atom. The van der Waals surface area contributed by atoms with Crippen molar-refractivity contribution in [3.63, 3.8) is 0 Å². The van der Waals surface area contributed by atoms with Crippen LogP contribution in [0.15, 0.2) is 18.2 Å². The van der Waals surface area contributed by atoms with E-state index in [2.05, 4.69) is 12.2 Å². The number of benzene rings is 1. The number of hydrogen-bond acceptors (Lipinski definition) is 2. The third-order valence-corrected chi connectivity index (χ3v) is 3.63. The first-order valence-corrected chi connectivity index (χ1v) is 6.88. The molecule has 2 unspecified atom stereocenters. The molecule has 0 aromatic heterocycles. The van der Waals surface area contributed by atoms with Crippen LogP contribution < -0.4 is 5.32 Å². The van der Waals surface area contributed by atoms with Crippen molar-refractivity contribution < 1.29 is 9.13 Å². The molecule has 0 saturated carbocycles. The monoisotopic (exact) mass is 271 g/mol. The molecule has 0 amide bonds. The summed E-state index contributed by atoms with van der Waals surface area (Å²) in [7, 11) is 0. The molecule has 1 aliphatic rings. The van der Waals surface area contributed by atoms with Crippen LogP contribution in [0, 0.1) is 11.7 Å². The highest BCUT2D eigenvalue weighted by molar-refractivity contribution is 6.30. The first-order chi connectivity index (χ1) is 8.74. The van der Waals surface area contributed by atoms with E-state index in [1.165, 1.54) is 0 Å². The van der Waals surface area contributed by atoms with E-state index < -0.39 is 0 Å². The third kappa shape index (κ3) is 3.02. The average molecular weight is 272 g/mol. The fraction of sp³-hybridized carbons (Fsp3) is 0.571. The molecular formula is C14H19ClFNO. The van der Waals surface area contributed by atoms with Gasteiger partial charge in [-0.15, -0.1) is 0 Å². The van der Waals surface area contributed by atoms with Gasteiger partial charge in [0.1, 0.15) is 5.82 Å². The minimum Gasteiger partial charge on any atom is -0.373 e. The maximum Gasteiger partial charge on any atom is 0.147 e. The number of hydrogen-bond donors (Lipinski definition) is 1. The van der Waals surface area contributed by atoms with Crippen molar-refractivity contribution in [1.82, 2.24) is 5.32 Å². The predicted molar refractivity (Wildman–Crippen MR) is 71.4 cm³/mol. The lowest BCUT2D eigenvalue weighted by molar-refractivity contribution is 0.0875. The Kier molecular flexibility index (Phi) is 4.98. The molecule has 100 valence electrons. The van der Waals surface area contributed by atoms with Gasteiger partial charge in [-0.3, -0.25) is 0 Å². The van der Waals surface area contributed by atoms with Crippen LogP contribution in [0.25, 0.3) is 0 Å². The Hall–Kier alpha value is -0.640. The molecule has 0 spiro atoms. The Labute approximate surface area is 112 Å². The molecule has 0 aliphatic carbocycles. The summed E-state index contributed by atoms with van der Waals surface area (Å²) < 4.78 is 19.7. The zero-order chi connectivity index (χ0) is 13.0. The van der Waals surface area contributed by atoms with Crippen LogP contribution in [0.2, 0.25) is 5.02 Å². The molecule has 2 atom stereocenters. The SMILES string of the molecule is CCCNCC1CCOC1c1cccc(Cl)c1F. The predicted octanol–water partition coefficient (Wildman–Crippen LogP) is 3.56. The van der Waals surface area contributed by atoms with Crippen LogP contribution >= 0.6 is 11.6 Å². The highest BCUT2D eigenvalue weighted by Crippen LogP contribution is 2.36. The van der Waals surface area contributed by atoms with Gasteiger partial charge in [-0.05, 0) is 25.5 Å². The van der Waals surface area contributed by atoms with Gasteiger partial charge in [0, 0.05) is 24.6 Å². The molecule has 2 rings (SSSR count). The molecule has 0 radical (unpaired) electrons. The average Bonchev–Trinajstić information content (AvgIpc) is 2.81. The molecule has 1 saturated heterocycles. The van der Waals surface area contributed by atoms with E-state index in [0.29, 0.717) is 18.1 Å². The van der Waals surface area contributed by atoms with Gasteiger partial charge in [-0.2, -0.15) is 0 Å². The number of nitrogens with one attached hydrogen (secondary N) is 1. The van der Waals surface area contributed by atoms with Gasteiger partial charge in [0.05, 0.1) is 11.1 Å². The smallest absolute Gasteiger partial charge is 0.147 e. The summed E-state index contributed by atoms with van der Waals surface area (Å²) in [5.41, 5.74) is 0.586. The quantitative estimate of drug-likeness (QED) is 0.827. The summed E-state index contributed by atoms with van der Waals surface area (Å²) in [6.45, 7) is 4.67. The lowest BCUT2D eigenvalue weighted by atomic mass is 9.95. The van der Waals surface area contributed by atoms with Crippen molar-refractivity contribution in [3.8, 4) is 0 Å². The Morgan fingerprint density at radius 3 is 3.11 bits per heavy atom. The molecular weight excluding hydrogens is 253 g/mol. The summed E-state index contributed by atoms with van der Waals surface area (Å²) in [5.74, 6) is -0.0175. The topological polar surface area (TPSA) is 21.3 Å². The van der Waals surface area contributed by atoms with Crippen LogP contribution in [0.3, 0.4) is 0 Å².